The number of nitrogens with one attached hydrogen (secondary N) is 1. The Morgan fingerprint density at radius 1 is 1.10 bits per heavy atom. The zero-order chi connectivity index (χ0) is 21.1. The third kappa shape index (κ3) is 3.13. The van der Waals surface area contributed by atoms with Gasteiger partial charge in [0.2, 0.25) is 22.7 Å². The van der Waals surface area contributed by atoms with Crippen LogP contribution in [0.15, 0.2) is 35.2 Å². The van der Waals surface area contributed by atoms with Gasteiger partial charge in [-0.2, -0.15) is 0 Å². The van der Waals surface area contributed by atoms with E-state index < -0.39 is 15.6 Å². The van der Waals surface area contributed by atoms with Crippen molar-refractivity contribution in [1.82, 2.24) is 4.72 Å². The van der Waals surface area contributed by atoms with Crippen LogP contribution in [0.5, 0.6) is 11.5 Å². The van der Waals surface area contributed by atoms with Gasteiger partial charge in [-0.25, -0.2) is 13.1 Å². The standard InChI is InChI=1S/C21H22N2O6S/c1-21(25,15-3-4-17-18(10-15)29-12-28-17)11-22-30(26,27)16-8-13-2-5-19(24)23-7-6-14(9-16)20(13)23/h3-4,8-10,22,25H,2,5-7,11-12H2,1H3. The van der Waals surface area contributed by atoms with Gasteiger partial charge in [0.15, 0.2) is 11.5 Å². The average Bonchev–Trinajstić information content (AvgIpc) is 3.36. The van der Waals surface area contributed by atoms with Gasteiger partial charge >= 0.3 is 0 Å². The fourth-order valence-corrected chi connectivity index (χ4v) is 5.47. The molecule has 0 aliphatic carbocycles. The van der Waals surface area contributed by atoms with Crippen LogP contribution >= 0.6 is 0 Å². The molecular formula is C21H22N2O6S. The lowest BCUT2D eigenvalue weighted by atomic mass is 9.96. The van der Waals surface area contributed by atoms with E-state index in [1.807, 2.05) is 0 Å². The maximum Gasteiger partial charge on any atom is 0.240 e. The minimum absolute atomic E-state index is 0.0924. The Labute approximate surface area is 174 Å². The number of nitrogens with zero attached hydrogens (tertiary/aromatic N) is 1. The predicted molar refractivity (Wildman–Crippen MR) is 108 cm³/mol. The minimum Gasteiger partial charge on any atom is -0.454 e. The number of benzene rings is 2. The molecule has 0 spiro atoms. The van der Waals surface area contributed by atoms with Crippen molar-refractivity contribution in [2.24, 2.45) is 0 Å². The molecule has 1 unspecified atom stereocenters. The number of hydrogen-bond donors (Lipinski definition) is 2. The fourth-order valence-electron chi connectivity index (χ4n) is 4.23. The number of carbonyl (C=O) groups excluding carboxylic acids is 1. The summed E-state index contributed by atoms with van der Waals surface area (Å²) in [6, 6.07) is 8.31. The number of ether oxygens (including phenoxy) is 2. The Morgan fingerprint density at radius 3 is 2.63 bits per heavy atom. The summed E-state index contributed by atoms with van der Waals surface area (Å²) >= 11 is 0. The van der Waals surface area contributed by atoms with Gasteiger partial charge in [0, 0.05) is 19.5 Å². The number of carbonyl (C=O) groups is 1. The smallest absolute Gasteiger partial charge is 0.240 e. The fraction of sp³-hybridized carbons (Fsp3) is 0.381. The van der Waals surface area contributed by atoms with E-state index in [-0.39, 0.29) is 24.1 Å². The number of anilines is 1. The summed E-state index contributed by atoms with van der Waals surface area (Å²) in [5.74, 6) is 1.21. The highest BCUT2D eigenvalue weighted by Crippen LogP contribution is 2.39. The first kappa shape index (κ1) is 19.3. The first-order chi connectivity index (χ1) is 14.2. The molecule has 8 nitrogen and oxygen atoms in total. The van der Waals surface area contributed by atoms with Gasteiger partial charge in [0.1, 0.15) is 5.60 Å². The molecule has 2 aromatic carbocycles. The van der Waals surface area contributed by atoms with Crippen molar-refractivity contribution in [3.63, 3.8) is 0 Å². The highest BCUT2D eigenvalue weighted by Gasteiger charge is 2.34. The number of amides is 1. The number of fused-ring (bicyclic) bond motifs is 1. The molecule has 3 aliphatic heterocycles. The summed E-state index contributed by atoms with van der Waals surface area (Å²) in [5.41, 5.74) is 1.71. The van der Waals surface area contributed by atoms with Crippen molar-refractivity contribution >= 4 is 21.6 Å². The Hall–Kier alpha value is -2.62. The molecule has 0 saturated carbocycles. The summed E-state index contributed by atoms with van der Waals surface area (Å²) in [5, 5.41) is 10.9. The SMILES string of the molecule is CC(O)(CNS(=O)(=O)c1cc2c3c(c1)CCN3C(=O)CC2)c1ccc2c(c1)OCO2. The number of aliphatic hydroxyl groups is 1. The van der Waals surface area contributed by atoms with Crippen LogP contribution in [0.4, 0.5) is 5.69 Å². The minimum atomic E-state index is -3.84. The van der Waals surface area contributed by atoms with E-state index in [0.29, 0.717) is 42.9 Å². The molecule has 2 N–H and O–H groups in total. The summed E-state index contributed by atoms with van der Waals surface area (Å²) in [6.07, 6.45) is 1.57. The molecule has 1 atom stereocenters. The van der Waals surface area contributed by atoms with Crippen LogP contribution in [-0.4, -0.2) is 39.3 Å². The molecule has 1 amide bonds. The molecule has 158 valence electrons. The molecule has 3 aliphatic rings. The second kappa shape index (κ2) is 6.69. The summed E-state index contributed by atoms with van der Waals surface area (Å²) in [6.45, 7) is 2.06. The van der Waals surface area contributed by atoms with Gasteiger partial charge in [0.25, 0.3) is 0 Å². The van der Waals surface area contributed by atoms with Crippen molar-refractivity contribution in [2.45, 2.75) is 36.7 Å². The number of rotatable bonds is 5. The lowest BCUT2D eigenvalue weighted by Gasteiger charge is -2.26. The third-order valence-corrected chi connectivity index (χ3v) is 7.32. The van der Waals surface area contributed by atoms with Crippen LogP contribution in [0.25, 0.3) is 0 Å². The zero-order valence-corrected chi connectivity index (χ0v) is 17.3. The molecule has 0 bridgehead atoms. The van der Waals surface area contributed by atoms with Crippen molar-refractivity contribution in [2.75, 3.05) is 24.8 Å². The van der Waals surface area contributed by atoms with Gasteiger partial charge in [-0.05, 0) is 60.7 Å². The molecule has 3 heterocycles. The summed E-state index contributed by atoms with van der Waals surface area (Å²) in [4.78, 5) is 14.0. The molecule has 30 heavy (non-hydrogen) atoms. The number of sulfonamides is 1. The second-order valence-electron chi connectivity index (χ2n) is 8.05. The van der Waals surface area contributed by atoms with E-state index in [9.17, 15) is 18.3 Å². The van der Waals surface area contributed by atoms with E-state index in [2.05, 4.69) is 4.72 Å². The molecule has 0 aromatic heterocycles. The Balaban J connectivity index is 1.38. The molecule has 9 heteroatoms. The molecule has 5 rings (SSSR count). The van der Waals surface area contributed by atoms with Crippen LogP contribution in [0, 0.1) is 0 Å². The highest BCUT2D eigenvalue weighted by atomic mass is 32.2. The van der Waals surface area contributed by atoms with Crippen LogP contribution in [0.2, 0.25) is 0 Å². The molecule has 0 saturated heterocycles. The Bertz CT molecular complexity index is 1160. The second-order valence-corrected chi connectivity index (χ2v) is 9.82. The van der Waals surface area contributed by atoms with Gasteiger partial charge in [-0.3, -0.25) is 4.79 Å². The molecule has 2 aromatic rings. The van der Waals surface area contributed by atoms with E-state index in [4.69, 9.17) is 9.47 Å². The van der Waals surface area contributed by atoms with Crippen molar-refractivity contribution in [1.29, 1.82) is 0 Å². The predicted octanol–water partition coefficient (Wildman–Crippen LogP) is 1.44. The third-order valence-electron chi connectivity index (χ3n) is 5.94. The molecule has 0 radical (unpaired) electrons. The first-order valence-corrected chi connectivity index (χ1v) is 11.3. The summed E-state index contributed by atoms with van der Waals surface area (Å²) in [7, 11) is -3.84. The number of aryl methyl sites for hydroxylation is 1. The van der Waals surface area contributed by atoms with E-state index in [1.54, 1.807) is 42.2 Å². The Morgan fingerprint density at radius 2 is 1.83 bits per heavy atom. The van der Waals surface area contributed by atoms with E-state index in [0.717, 1.165) is 16.8 Å². The highest BCUT2D eigenvalue weighted by molar-refractivity contribution is 7.89. The average molecular weight is 430 g/mol. The van der Waals surface area contributed by atoms with Gasteiger partial charge < -0.3 is 19.5 Å². The van der Waals surface area contributed by atoms with Crippen LogP contribution in [0.1, 0.15) is 30.0 Å². The van der Waals surface area contributed by atoms with Crippen molar-refractivity contribution in [3.05, 3.63) is 47.0 Å². The zero-order valence-electron chi connectivity index (χ0n) is 16.5. The lowest BCUT2D eigenvalue weighted by molar-refractivity contribution is -0.118. The first-order valence-electron chi connectivity index (χ1n) is 9.83. The maximum absolute atomic E-state index is 13.0. The van der Waals surface area contributed by atoms with E-state index >= 15 is 0 Å². The van der Waals surface area contributed by atoms with Crippen molar-refractivity contribution < 1.29 is 27.8 Å². The molecular weight excluding hydrogens is 408 g/mol. The van der Waals surface area contributed by atoms with Crippen LogP contribution < -0.4 is 19.1 Å². The maximum atomic E-state index is 13.0. The normalized spacial score (nSPS) is 19.0. The number of hydrogen-bond acceptors (Lipinski definition) is 6. The largest absolute Gasteiger partial charge is 0.454 e. The van der Waals surface area contributed by atoms with Gasteiger partial charge in [-0.1, -0.05) is 6.07 Å². The topological polar surface area (TPSA) is 105 Å². The molecule has 0 fully saturated rings. The Kier molecular flexibility index (Phi) is 4.32. The van der Waals surface area contributed by atoms with E-state index in [1.165, 1.54) is 0 Å². The van der Waals surface area contributed by atoms with Crippen LogP contribution in [0.3, 0.4) is 0 Å². The van der Waals surface area contributed by atoms with Gasteiger partial charge in [-0.15, -0.1) is 0 Å². The van der Waals surface area contributed by atoms with Crippen molar-refractivity contribution in [3.8, 4) is 11.5 Å². The quantitative estimate of drug-likeness (QED) is 0.744. The van der Waals surface area contributed by atoms with Gasteiger partial charge in [0.05, 0.1) is 10.6 Å². The lowest BCUT2D eigenvalue weighted by Crippen LogP contribution is -2.38. The van der Waals surface area contributed by atoms with Crippen LogP contribution in [-0.2, 0) is 33.3 Å². The summed E-state index contributed by atoms with van der Waals surface area (Å²) < 4.78 is 39.1. The monoisotopic (exact) mass is 430 g/mol.